The highest BCUT2D eigenvalue weighted by atomic mass is 16.5. The van der Waals surface area contributed by atoms with E-state index in [-0.39, 0.29) is 11.9 Å². The maximum atomic E-state index is 11.6. The van der Waals surface area contributed by atoms with Crippen molar-refractivity contribution in [3.8, 4) is 17.1 Å². The largest absolute Gasteiger partial charge is 0.427 e. The fraction of sp³-hybridized carbons (Fsp3) is 0.292. The summed E-state index contributed by atoms with van der Waals surface area (Å²) in [6.07, 6.45) is 0. The summed E-state index contributed by atoms with van der Waals surface area (Å²) in [5, 5.41) is 9.67. The monoisotopic (exact) mass is 431 g/mol. The number of carbonyl (C=O) groups is 2. The Bertz CT molecular complexity index is 1310. The van der Waals surface area contributed by atoms with Crippen molar-refractivity contribution in [3.05, 3.63) is 48.0 Å². The molecule has 1 saturated heterocycles. The Kier molecular flexibility index (Phi) is 5.14. The van der Waals surface area contributed by atoms with Gasteiger partial charge >= 0.3 is 5.97 Å². The molecule has 8 nitrogen and oxygen atoms in total. The van der Waals surface area contributed by atoms with Crippen molar-refractivity contribution in [3.63, 3.8) is 0 Å². The zero-order valence-electron chi connectivity index (χ0n) is 18.1. The predicted octanol–water partition coefficient (Wildman–Crippen LogP) is 3.30. The number of amides is 1. The number of hydrogen-bond acceptors (Lipinski definition) is 5. The average molecular weight is 431 g/mol. The number of nitrogens with zero attached hydrogens (tertiary/aromatic N) is 3. The van der Waals surface area contributed by atoms with Crippen LogP contribution in [0.5, 0.6) is 5.75 Å². The number of esters is 1. The van der Waals surface area contributed by atoms with E-state index in [1.165, 1.54) is 17.9 Å². The van der Waals surface area contributed by atoms with Crippen LogP contribution in [0.1, 0.15) is 19.4 Å². The van der Waals surface area contributed by atoms with Gasteiger partial charge in [0.15, 0.2) is 0 Å². The first kappa shape index (κ1) is 20.3. The van der Waals surface area contributed by atoms with Crippen LogP contribution in [-0.2, 0) is 16.1 Å². The maximum absolute atomic E-state index is 11.6. The first-order valence-electron chi connectivity index (χ1n) is 10.7. The van der Waals surface area contributed by atoms with Crippen molar-refractivity contribution in [1.29, 1.82) is 0 Å². The van der Waals surface area contributed by atoms with Gasteiger partial charge in [-0.15, -0.1) is 0 Å². The summed E-state index contributed by atoms with van der Waals surface area (Å²) in [5.74, 6) is 0.284. The van der Waals surface area contributed by atoms with Crippen LogP contribution in [0.15, 0.2) is 42.5 Å². The topological polar surface area (TPSA) is 94.3 Å². The number of ether oxygens (including phenoxy) is 1. The number of carbonyl (C=O) groups excluding carboxylic acids is 2. The molecule has 3 heterocycles. The first-order valence-corrected chi connectivity index (χ1v) is 10.7. The Labute approximate surface area is 185 Å². The highest BCUT2D eigenvalue weighted by Gasteiger charge is 2.20. The number of piperazine rings is 1. The van der Waals surface area contributed by atoms with Crippen molar-refractivity contribution < 1.29 is 14.3 Å². The number of H-pyrrole nitrogens is 2. The van der Waals surface area contributed by atoms with Crippen LogP contribution in [-0.4, -0.2) is 63.0 Å². The minimum absolute atomic E-state index is 0.147. The average Bonchev–Trinajstić information content (AvgIpc) is 3.38. The Hall–Kier alpha value is -3.65. The van der Waals surface area contributed by atoms with E-state index in [1.807, 2.05) is 11.0 Å². The third-order valence-corrected chi connectivity index (χ3v) is 6.02. The lowest BCUT2D eigenvalue weighted by atomic mass is 10.1. The third kappa shape index (κ3) is 3.85. The minimum Gasteiger partial charge on any atom is -0.427 e. The quantitative estimate of drug-likeness (QED) is 0.382. The molecule has 1 aliphatic heterocycles. The summed E-state index contributed by atoms with van der Waals surface area (Å²) in [6, 6.07) is 13.9. The molecule has 2 aromatic carbocycles. The fourth-order valence-electron chi connectivity index (χ4n) is 4.38. The van der Waals surface area contributed by atoms with Crippen LogP contribution >= 0.6 is 0 Å². The van der Waals surface area contributed by atoms with Crippen LogP contribution in [0.25, 0.3) is 33.2 Å². The normalized spacial score (nSPS) is 14.9. The lowest BCUT2D eigenvalue weighted by Gasteiger charge is -2.34. The molecule has 1 fully saturated rings. The molecular formula is C24H25N5O3. The molecule has 2 aromatic heterocycles. The van der Waals surface area contributed by atoms with Crippen molar-refractivity contribution in [2.24, 2.45) is 0 Å². The number of nitrogens with one attached hydrogen (secondary N) is 2. The highest BCUT2D eigenvalue weighted by Crippen LogP contribution is 2.32. The van der Waals surface area contributed by atoms with Gasteiger partial charge in [0, 0.05) is 68.9 Å². The summed E-state index contributed by atoms with van der Waals surface area (Å²) >= 11 is 0. The molecule has 2 N–H and O–H groups in total. The second-order valence-corrected chi connectivity index (χ2v) is 8.22. The van der Waals surface area contributed by atoms with E-state index in [2.05, 4.69) is 44.3 Å². The van der Waals surface area contributed by atoms with Gasteiger partial charge in [-0.1, -0.05) is 12.1 Å². The predicted molar refractivity (Wildman–Crippen MR) is 122 cm³/mol. The zero-order chi connectivity index (χ0) is 22.2. The molecule has 0 unspecified atom stereocenters. The van der Waals surface area contributed by atoms with Gasteiger partial charge in [0.05, 0.1) is 11.2 Å². The molecule has 1 amide bonds. The lowest BCUT2D eigenvalue weighted by molar-refractivity contribution is -0.132. The molecule has 0 saturated carbocycles. The lowest BCUT2D eigenvalue weighted by Crippen LogP contribution is -2.47. The number of aromatic amines is 2. The Morgan fingerprint density at radius 2 is 1.81 bits per heavy atom. The molecule has 164 valence electrons. The smallest absolute Gasteiger partial charge is 0.308 e. The Morgan fingerprint density at radius 1 is 1.00 bits per heavy atom. The van der Waals surface area contributed by atoms with E-state index in [0.29, 0.717) is 5.75 Å². The summed E-state index contributed by atoms with van der Waals surface area (Å²) < 4.78 is 5.17. The molecule has 0 spiro atoms. The van der Waals surface area contributed by atoms with Crippen molar-refractivity contribution in [2.75, 3.05) is 26.2 Å². The molecule has 0 atom stereocenters. The van der Waals surface area contributed by atoms with Crippen LogP contribution in [0.2, 0.25) is 0 Å². The van der Waals surface area contributed by atoms with Crippen molar-refractivity contribution in [2.45, 2.75) is 20.4 Å². The van der Waals surface area contributed by atoms with Gasteiger partial charge < -0.3 is 14.6 Å². The summed E-state index contributed by atoms with van der Waals surface area (Å²) in [7, 11) is 0. The van der Waals surface area contributed by atoms with E-state index in [9.17, 15) is 9.59 Å². The molecule has 0 aliphatic carbocycles. The van der Waals surface area contributed by atoms with Crippen molar-refractivity contribution >= 4 is 33.7 Å². The third-order valence-electron chi connectivity index (χ3n) is 6.02. The number of rotatable bonds is 4. The summed E-state index contributed by atoms with van der Waals surface area (Å²) in [5.41, 5.74) is 4.87. The summed E-state index contributed by atoms with van der Waals surface area (Å²) in [6.45, 7) is 7.16. The molecule has 4 aromatic rings. The van der Waals surface area contributed by atoms with E-state index >= 15 is 0 Å². The Balaban J connectivity index is 1.42. The molecule has 8 heteroatoms. The number of hydrogen-bond donors (Lipinski definition) is 2. The molecule has 0 radical (unpaired) electrons. The highest BCUT2D eigenvalue weighted by molar-refractivity contribution is 5.97. The van der Waals surface area contributed by atoms with Crippen LogP contribution < -0.4 is 4.74 Å². The SMILES string of the molecule is CC(=O)Oc1ccc2c(-c3cc4c(CN5CCN(C(C)=O)CC5)cccc4[nH]3)n[nH]c2c1. The second kappa shape index (κ2) is 8.12. The standard InChI is InChI=1S/C24H25N5O3/c1-15(30)29-10-8-28(9-11-29)14-17-4-3-5-21-20(17)13-23(25-21)24-19-7-6-18(32-16(2)31)12-22(19)26-27-24/h3-7,12-13,25H,8-11,14H2,1-2H3,(H,26,27). The molecule has 0 bridgehead atoms. The van der Waals surface area contributed by atoms with Gasteiger partial charge in [-0.3, -0.25) is 19.6 Å². The van der Waals surface area contributed by atoms with Gasteiger partial charge in [-0.05, 0) is 29.8 Å². The van der Waals surface area contributed by atoms with E-state index < -0.39 is 0 Å². The van der Waals surface area contributed by atoms with Gasteiger partial charge in [-0.2, -0.15) is 5.10 Å². The van der Waals surface area contributed by atoms with Gasteiger partial charge in [-0.25, -0.2) is 0 Å². The van der Waals surface area contributed by atoms with Crippen molar-refractivity contribution in [1.82, 2.24) is 25.0 Å². The first-order chi connectivity index (χ1) is 15.5. The molecule has 5 rings (SSSR count). The maximum Gasteiger partial charge on any atom is 0.308 e. The minimum atomic E-state index is -0.352. The number of aromatic nitrogens is 3. The van der Waals surface area contributed by atoms with E-state index in [1.54, 1.807) is 19.1 Å². The molecule has 1 aliphatic rings. The zero-order valence-corrected chi connectivity index (χ0v) is 18.1. The molecular weight excluding hydrogens is 406 g/mol. The number of fused-ring (bicyclic) bond motifs is 2. The van der Waals surface area contributed by atoms with Gasteiger partial charge in [0.25, 0.3) is 0 Å². The second-order valence-electron chi connectivity index (χ2n) is 8.22. The van der Waals surface area contributed by atoms with Gasteiger partial charge in [0.1, 0.15) is 11.4 Å². The Morgan fingerprint density at radius 3 is 2.56 bits per heavy atom. The number of benzene rings is 2. The fourth-order valence-corrected chi connectivity index (χ4v) is 4.38. The van der Waals surface area contributed by atoms with Crippen LogP contribution in [0, 0.1) is 0 Å². The molecule has 32 heavy (non-hydrogen) atoms. The van der Waals surface area contributed by atoms with E-state index in [0.717, 1.165) is 60.5 Å². The summed E-state index contributed by atoms with van der Waals surface area (Å²) in [4.78, 5) is 30.6. The van der Waals surface area contributed by atoms with E-state index in [4.69, 9.17) is 4.74 Å². The van der Waals surface area contributed by atoms with Crippen LogP contribution in [0.3, 0.4) is 0 Å². The van der Waals surface area contributed by atoms with Gasteiger partial charge in [0.2, 0.25) is 5.91 Å². The van der Waals surface area contributed by atoms with Crippen LogP contribution in [0.4, 0.5) is 0 Å².